The number of esters is 1. The zero-order chi connectivity index (χ0) is 11.6. The quantitative estimate of drug-likeness (QED) is 0.544. The van der Waals surface area contributed by atoms with E-state index in [1.807, 2.05) is 13.0 Å². The molecule has 0 aromatic rings. The summed E-state index contributed by atoms with van der Waals surface area (Å²) in [5.41, 5.74) is -0.521. The Balaban J connectivity index is 2.27. The molecule has 88 valence electrons. The summed E-state index contributed by atoms with van der Waals surface area (Å²) in [6.45, 7) is 5.99. The van der Waals surface area contributed by atoms with E-state index in [2.05, 4.69) is 6.58 Å². The Kier molecular flexibility index (Phi) is 3.03. The molecule has 0 radical (unpaired) electrons. The predicted molar refractivity (Wildman–Crippen MR) is 60.7 cm³/mol. The van der Waals surface area contributed by atoms with E-state index in [0.717, 1.165) is 25.0 Å². The van der Waals surface area contributed by atoms with E-state index in [4.69, 9.17) is 9.47 Å². The average Bonchev–Trinajstić information content (AvgIpc) is 2.69. The van der Waals surface area contributed by atoms with Gasteiger partial charge in [0.15, 0.2) is 0 Å². The molecule has 3 heteroatoms. The second-order valence-corrected chi connectivity index (χ2v) is 4.36. The number of ether oxygens (including phenoxy) is 2. The summed E-state index contributed by atoms with van der Waals surface area (Å²) < 4.78 is 10.9. The summed E-state index contributed by atoms with van der Waals surface area (Å²) in [7, 11) is 0. The first kappa shape index (κ1) is 11.2. The standard InChI is InChI=1S/C13H18O3/c1-3-10-9-13(12(14)15-4-2)8-6-5-7-11(13)16-10/h3,7,10H,1,4-6,8-9H2,2H3/t10-,13-/m1/s1. The normalized spacial score (nSPS) is 32.3. The molecule has 1 fully saturated rings. The first-order valence-corrected chi connectivity index (χ1v) is 5.90. The van der Waals surface area contributed by atoms with Crippen LogP contribution in [0, 0.1) is 5.41 Å². The van der Waals surface area contributed by atoms with Crippen molar-refractivity contribution < 1.29 is 14.3 Å². The number of hydrogen-bond donors (Lipinski definition) is 0. The Bertz CT molecular complexity index is 332. The molecule has 2 atom stereocenters. The SMILES string of the molecule is C=C[C@@H]1C[C@]2(C(=O)OCC)CCCC=C2O1. The maximum atomic E-state index is 12.1. The van der Waals surface area contributed by atoms with Crippen LogP contribution in [0.2, 0.25) is 0 Å². The first-order valence-electron chi connectivity index (χ1n) is 5.90. The molecule has 16 heavy (non-hydrogen) atoms. The van der Waals surface area contributed by atoms with Crippen molar-refractivity contribution in [2.45, 2.75) is 38.7 Å². The highest BCUT2D eigenvalue weighted by atomic mass is 16.5. The summed E-state index contributed by atoms with van der Waals surface area (Å²) in [5.74, 6) is 0.674. The van der Waals surface area contributed by atoms with E-state index >= 15 is 0 Å². The van der Waals surface area contributed by atoms with E-state index in [1.54, 1.807) is 6.08 Å². The van der Waals surface area contributed by atoms with Gasteiger partial charge in [0.2, 0.25) is 0 Å². The smallest absolute Gasteiger partial charge is 0.319 e. The fourth-order valence-corrected chi connectivity index (χ4v) is 2.55. The summed E-state index contributed by atoms with van der Waals surface area (Å²) in [6, 6.07) is 0. The number of carbonyl (C=O) groups excluding carboxylic acids is 1. The average molecular weight is 222 g/mol. The highest BCUT2D eigenvalue weighted by molar-refractivity contribution is 5.81. The van der Waals surface area contributed by atoms with Gasteiger partial charge < -0.3 is 9.47 Å². The van der Waals surface area contributed by atoms with Crippen molar-refractivity contribution in [2.24, 2.45) is 5.41 Å². The van der Waals surface area contributed by atoms with Gasteiger partial charge in [-0.2, -0.15) is 0 Å². The molecule has 0 N–H and O–H groups in total. The first-order chi connectivity index (χ1) is 7.73. The van der Waals surface area contributed by atoms with Crippen LogP contribution in [0.4, 0.5) is 0 Å². The lowest BCUT2D eigenvalue weighted by molar-refractivity contribution is -0.153. The lowest BCUT2D eigenvalue weighted by Crippen LogP contribution is -2.34. The molecule has 1 aliphatic heterocycles. The van der Waals surface area contributed by atoms with Gasteiger partial charge in [0.25, 0.3) is 0 Å². The molecule has 1 saturated heterocycles. The van der Waals surface area contributed by atoms with Gasteiger partial charge in [0.05, 0.1) is 6.61 Å². The van der Waals surface area contributed by atoms with Crippen LogP contribution in [0.15, 0.2) is 24.5 Å². The minimum Gasteiger partial charge on any atom is -0.490 e. The van der Waals surface area contributed by atoms with Gasteiger partial charge in [0, 0.05) is 6.42 Å². The Morgan fingerprint density at radius 3 is 3.31 bits per heavy atom. The van der Waals surface area contributed by atoms with Crippen LogP contribution in [0.25, 0.3) is 0 Å². The predicted octanol–water partition coefficient (Wildman–Crippen LogP) is 2.58. The topological polar surface area (TPSA) is 35.5 Å². The van der Waals surface area contributed by atoms with Gasteiger partial charge in [-0.15, -0.1) is 0 Å². The van der Waals surface area contributed by atoms with Crippen molar-refractivity contribution in [1.29, 1.82) is 0 Å². The Labute approximate surface area is 96.1 Å². The zero-order valence-corrected chi connectivity index (χ0v) is 9.70. The minimum absolute atomic E-state index is 0.0474. The van der Waals surface area contributed by atoms with Crippen molar-refractivity contribution in [1.82, 2.24) is 0 Å². The van der Waals surface area contributed by atoms with Gasteiger partial charge >= 0.3 is 5.97 Å². The minimum atomic E-state index is -0.521. The molecule has 0 amide bonds. The molecule has 0 unspecified atom stereocenters. The van der Waals surface area contributed by atoms with Crippen LogP contribution < -0.4 is 0 Å². The third-order valence-electron chi connectivity index (χ3n) is 3.37. The number of allylic oxidation sites excluding steroid dienone is 1. The third kappa shape index (κ3) is 1.64. The number of rotatable bonds is 3. The van der Waals surface area contributed by atoms with Crippen LogP contribution in [-0.2, 0) is 14.3 Å². The van der Waals surface area contributed by atoms with Crippen molar-refractivity contribution in [3.8, 4) is 0 Å². The molecule has 1 heterocycles. The molecule has 3 nitrogen and oxygen atoms in total. The highest BCUT2D eigenvalue weighted by Crippen LogP contribution is 2.49. The number of fused-ring (bicyclic) bond motifs is 1. The lowest BCUT2D eigenvalue weighted by atomic mass is 9.75. The van der Waals surface area contributed by atoms with Crippen LogP contribution in [0.5, 0.6) is 0 Å². The van der Waals surface area contributed by atoms with Crippen LogP contribution in [0.1, 0.15) is 32.6 Å². The van der Waals surface area contributed by atoms with Gasteiger partial charge in [-0.3, -0.25) is 4.79 Å². The van der Waals surface area contributed by atoms with Crippen LogP contribution in [0.3, 0.4) is 0 Å². The maximum absolute atomic E-state index is 12.1. The molecule has 0 aromatic heterocycles. The van der Waals surface area contributed by atoms with E-state index in [0.29, 0.717) is 13.0 Å². The van der Waals surface area contributed by atoms with E-state index < -0.39 is 5.41 Å². The largest absolute Gasteiger partial charge is 0.490 e. The fourth-order valence-electron chi connectivity index (χ4n) is 2.55. The van der Waals surface area contributed by atoms with Crippen LogP contribution in [-0.4, -0.2) is 18.7 Å². The summed E-state index contributed by atoms with van der Waals surface area (Å²) in [6.07, 6.45) is 7.28. The Morgan fingerprint density at radius 1 is 1.81 bits per heavy atom. The highest BCUT2D eigenvalue weighted by Gasteiger charge is 2.52. The number of carbonyl (C=O) groups is 1. The molecule has 1 aliphatic carbocycles. The molecule has 0 aromatic carbocycles. The van der Waals surface area contributed by atoms with Crippen molar-refractivity contribution in [3.63, 3.8) is 0 Å². The van der Waals surface area contributed by atoms with E-state index in [1.165, 1.54) is 0 Å². The van der Waals surface area contributed by atoms with Crippen molar-refractivity contribution >= 4 is 5.97 Å². The van der Waals surface area contributed by atoms with Gasteiger partial charge in [0.1, 0.15) is 17.3 Å². The molecular weight excluding hydrogens is 204 g/mol. The summed E-state index contributed by atoms with van der Waals surface area (Å²) in [5, 5.41) is 0. The maximum Gasteiger partial charge on any atom is 0.319 e. The van der Waals surface area contributed by atoms with Crippen molar-refractivity contribution in [2.75, 3.05) is 6.61 Å². The fraction of sp³-hybridized carbons (Fsp3) is 0.615. The second-order valence-electron chi connectivity index (χ2n) is 4.36. The summed E-state index contributed by atoms with van der Waals surface area (Å²) >= 11 is 0. The second kappa shape index (κ2) is 4.32. The van der Waals surface area contributed by atoms with Gasteiger partial charge in [-0.25, -0.2) is 0 Å². The molecular formula is C13H18O3. The van der Waals surface area contributed by atoms with E-state index in [-0.39, 0.29) is 12.1 Å². The molecule has 0 bridgehead atoms. The lowest BCUT2D eigenvalue weighted by Gasteiger charge is -2.28. The Hall–Kier alpha value is -1.25. The van der Waals surface area contributed by atoms with Gasteiger partial charge in [-0.1, -0.05) is 12.7 Å². The molecule has 0 spiro atoms. The Morgan fingerprint density at radius 2 is 2.62 bits per heavy atom. The van der Waals surface area contributed by atoms with Crippen LogP contribution >= 0.6 is 0 Å². The third-order valence-corrected chi connectivity index (χ3v) is 3.37. The van der Waals surface area contributed by atoms with Gasteiger partial charge in [-0.05, 0) is 32.3 Å². The molecule has 2 rings (SSSR count). The van der Waals surface area contributed by atoms with E-state index in [9.17, 15) is 4.79 Å². The summed E-state index contributed by atoms with van der Waals surface area (Å²) in [4.78, 5) is 12.1. The number of hydrogen-bond acceptors (Lipinski definition) is 3. The zero-order valence-electron chi connectivity index (χ0n) is 9.70. The van der Waals surface area contributed by atoms with Crippen molar-refractivity contribution in [3.05, 3.63) is 24.5 Å². The monoisotopic (exact) mass is 222 g/mol. The molecule has 2 aliphatic rings. The molecule has 0 saturated carbocycles.